The molecule has 0 saturated carbocycles. The summed E-state index contributed by atoms with van der Waals surface area (Å²) in [4.78, 5) is 10.8. The van der Waals surface area contributed by atoms with Gasteiger partial charge in [-0.3, -0.25) is 4.79 Å². The molecule has 4 nitrogen and oxygen atoms in total. The number of halogens is 3. The predicted molar refractivity (Wildman–Crippen MR) is 104 cm³/mol. The van der Waals surface area contributed by atoms with Gasteiger partial charge < -0.3 is 4.74 Å². The molecule has 2 aromatic carbocycles. The molecule has 0 fully saturated rings. The van der Waals surface area contributed by atoms with Crippen molar-refractivity contribution in [2.45, 2.75) is 13.5 Å². The normalized spacial score (nSPS) is 10.8. The Morgan fingerprint density at radius 3 is 2.57 bits per heavy atom. The first-order valence-electron chi connectivity index (χ1n) is 6.62. The summed E-state index contributed by atoms with van der Waals surface area (Å²) in [5, 5.41) is 3.84. The van der Waals surface area contributed by atoms with E-state index in [1.165, 1.54) is 13.0 Å². The van der Waals surface area contributed by atoms with Gasteiger partial charge in [0.15, 0.2) is 0 Å². The van der Waals surface area contributed by atoms with E-state index in [1.807, 2.05) is 12.1 Å². The number of hydrogen-bond acceptors (Lipinski definition) is 3. The summed E-state index contributed by atoms with van der Waals surface area (Å²) >= 11 is 4.31. The number of ether oxygens (including phenoxy) is 1. The maximum Gasteiger partial charge on any atom is 0.236 e. The van der Waals surface area contributed by atoms with Crippen molar-refractivity contribution in [2.75, 3.05) is 0 Å². The monoisotopic (exact) mass is 538 g/mol. The molecule has 0 spiro atoms. The van der Waals surface area contributed by atoms with Crippen LogP contribution < -0.4 is 10.2 Å². The zero-order valence-electron chi connectivity index (χ0n) is 12.1. The molecule has 0 atom stereocenters. The van der Waals surface area contributed by atoms with Gasteiger partial charge in [-0.25, -0.2) is 9.82 Å². The zero-order valence-corrected chi connectivity index (χ0v) is 16.5. The topological polar surface area (TPSA) is 50.7 Å². The fraction of sp³-hybridized carbons (Fsp3) is 0.125. The molecule has 0 heterocycles. The third kappa shape index (κ3) is 5.41. The smallest absolute Gasteiger partial charge is 0.236 e. The summed E-state index contributed by atoms with van der Waals surface area (Å²) < 4.78 is 21.2. The van der Waals surface area contributed by atoms with E-state index < -0.39 is 0 Å². The Hall–Kier alpha value is -1.23. The van der Waals surface area contributed by atoms with Crippen molar-refractivity contribution < 1.29 is 13.9 Å². The van der Waals surface area contributed by atoms with Crippen LogP contribution in [0.5, 0.6) is 5.75 Å². The first kappa shape index (κ1) is 18.1. The highest BCUT2D eigenvalue weighted by molar-refractivity contribution is 14.1. The van der Waals surface area contributed by atoms with E-state index in [1.54, 1.807) is 24.4 Å². The second-order valence-corrected chi connectivity index (χ2v) is 6.94. The van der Waals surface area contributed by atoms with Crippen LogP contribution in [0.2, 0.25) is 0 Å². The molecular formula is C16H13FI2N2O2. The van der Waals surface area contributed by atoms with Crippen LogP contribution in [0.3, 0.4) is 0 Å². The highest BCUT2D eigenvalue weighted by Crippen LogP contribution is 2.29. The predicted octanol–water partition coefficient (Wildman–Crippen LogP) is 4.08. The molecule has 0 saturated heterocycles. The fourth-order valence-electron chi connectivity index (χ4n) is 1.76. The van der Waals surface area contributed by atoms with Crippen molar-refractivity contribution in [2.24, 2.45) is 5.10 Å². The Bertz CT molecular complexity index is 728. The van der Waals surface area contributed by atoms with Gasteiger partial charge in [0.1, 0.15) is 18.2 Å². The van der Waals surface area contributed by atoms with Crippen LogP contribution in [0.4, 0.5) is 4.39 Å². The van der Waals surface area contributed by atoms with Gasteiger partial charge in [0.05, 0.1) is 13.4 Å². The van der Waals surface area contributed by atoms with Crippen LogP contribution in [0.1, 0.15) is 18.1 Å². The van der Waals surface area contributed by atoms with Crippen molar-refractivity contribution in [3.05, 3.63) is 60.5 Å². The summed E-state index contributed by atoms with van der Waals surface area (Å²) in [6.45, 7) is 1.56. The lowest BCUT2D eigenvalue weighted by Gasteiger charge is -2.12. The first-order valence-corrected chi connectivity index (χ1v) is 8.78. The second kappa shape index (κ2) is 8.57. The average Bonchev–Trinajstić information content (AvgIpc) is 2.48. The van der Waals surface area contributed by atoms with Crippen molar-refractivity contribution in [1.82, 2.24) is 5.43 Å². The molecule has 2 aromatic rings. The highest BCUT2D eigenvalue weighted by atomic mass is 127. The van der Waals surface area contributed by atoms with E-state index in [-0.39, 0.29) is 18.3 Å². The van der Waals surface area contributed by atoms with Crippen LogP contribution in [-0.4, -0.2) is 12.1 Å². The third-order valence-electron chi connectivity index (χ3n) is 2.79. The minimum atomic E-state index is -0.281. The van der Waals surface area contributed by atoms with E-state index in [4.69, 9.17) is 4.74 Å². The summed E-state index contributed by atoms with van der Waals surface area (Å²) in [6, 6.07) is 10.3. The number of benzene rings is 2. The molecule has 0 radical (unpaired) electrons. The largest absolute Gasteiger partial charge is 0.487 e. The molecule has 0 unspecified atom stereocenters. The minimum Gasteiger partial charge on any atom is -0.487 e. The summed E-state index contributed by atoms with van der Waals surface area (Å²) in [5.74, 6) is 0.193. The lowest BCUT2D eigenvalue weighted by Crippen LogP contribution is -2.12. The number of hydrogen-bond donors (Lipinski definition) is 1. The number of hydrazone groups is 1. The van der Waals surface area contributed by atoms with Gasteiger partial charge >= 0.3 is 0 Å². The quantitative estimate of drug-likeness (QED) is 0.355. The number of rotatable bonds is 5. The maximum absolute atomic E-state index is 13.6. The molecule has 0 bridgehead atoms. The lowest BCUT2D eigenvalue weighted by molar-refractivity contribution is -0.118. The van der Waals surface area contributed by atoms with Crippen LogP contribution >= 0.6 is 45.2 Å². The van der Waals surface area contributed by atoms with Crippen LogP contribution in [0, 0.1) is 13.0 Å². The van der Waals surface area contributed by atoms with Crippen molar-refractivity contribution >= 4 is 57.3 Å². The fourth-order valence-corrected chi connectivity index (χ4v) is 3.88. The van der Waals surface area contributed by atoms with Crippen molar-refractivity contribution in [3.63, 3.8) is 0 Å². The lowest BCUT2D eigenvalue weighted by atomic mass is 10.2. The van der Waals surface area contributed by atoms with Gasteiger partial charge in [-0.05, 0) is 68.9 Å². The van der Waals surface area contributed by atoms with E-state index in [9.17, 15) is 9.18 Å². The molecular weight excluding hydrogens is 525 g/mol. The highest BCUT2D eigenvalue weighted by Gasteiger charge is 2.10. The van der Waals surface area contributed by atoms with Crippen LogP contribution in [-0.2, 0) is 11.4 Å². The molecule has 0 aliphatic rings. The Labute approximate surface area is 160 Å². The summed E-state index contributed by atoms with van der Waals surface area (Å²) in [5.41, 5.74) is 3.70. The maximum atomic E-state index is 13.6. The van der Waals surface area contributed by atoms with Crippen molar-refractivity contribution in [1.29, 1.82) is 0 Å². The standard InChI is InChI=1S/C16H13FI2N2O2/c1-10(22)21-20-8-11-6-14(18)16(15(19)7-11)23-9-12-4-2-3-5-13(12)17/h2-8H,9H2,1H3,(H,21,22)/b20-8-. The number of carbonyl (C=O) groups is 1. The summed E-state index contributed by atoms with van der Waals surface area (Å²) in [7, 11) is 0. The number of carbonyl (C=O) groups excluding carboxylic acids is 1. The van der Waals surface area contributed by atoms with Gasteiger partial charge in [-0.1, -0.05) is 18.2 Å². The van der Waals surface area contributed by atoms with Crippen LogP contribution in [0.25, 0.3) is 0 Å². The molecule has 1 amide bonds. The number of nitrogens with zero attached hydrogens (tertiary/aromatic N) is 1. The number of nitrogens with one attached hydrogen (secondary N) is 1. The molecule has 0 aliphatic carbocycles. The zero-order chi connectivity index (χ0) is 16.8. The van der Waals surface area contributed by atoms with Gasteiger partial charge in [-0.15, -0.1) is 0 Å². The second-order valence-electron chi connectivity index (χ2n) is 4.62. The first-order chi connectivity index (χ1) is 11.0. The Morgan fingerprint density at radius 2 is 1.96 bits per heavy atom. The Kier molecular flexibility index (Phi) is 6.75. The molecule has 0 aromatic heterocycles. The van der Waals surface area contributed by atoms with Gasteiger partial charge in [0.25, 0.3) is 0 Å². The molecule has 23 heavy (non-hydrogen) atoms. The number of amides is 1. The molecule has 120 valence electrons. The van der Waals surface area contributed by atoms with E-state index in [0.29, 0.717) is 11.3 Å². The van der Waals surface area contributed by atoms with Gasteiger partial charge in [0.2, 0.25) is 5.91 Å². The average molecular weight is 538 g/mol. The van der Waals surface area contributed by atoms with E-state index in [2.05, 4.69) is 55.7 Å². The molecule has 1 N–H and O–H groups in total. The van der Waals surface area contributed by atoms with Gasteiger partial charge in [-0.2, -0.15) is 5.10 Å². The Balaban J connectivity index is 2.13. The minimum absolute atomic E-state index is 0.165. The molecule has 7 heteroatoms. The van der Waals surface area contributed by atoms with Gasteiger partial charge in [0, 0.05) is 12.5 Å². The molecule has 2 rings (SSSR count). The van der Waals surface area contributed by atoms with Crippen LogP contribution in [0.15, 0.2) is 41.5 Å². The SMILES string of the molecule is CC(=O)N/N=C\c1cc(I)c(OCc2ccccc2F)c(I)c1. The van der Waals surface area contributed by atoms with E-state index in [0.717, 1.165) is 12.7 Å². The summed E-state index contributed by atoms with van der Waals surface area (Å²) in [6.07, 6.45) is 1.56. The Morgan fingerprint density at radius 1 is 1.30 bits per heavy atom. The third-order valence-corrected chi connectivity index (χ3v) is 4.39. The van der Waals surface area contributed by atoms with E-state index >= 15 is 0 Å². The van der Waals surface area contributed by atoms with Crippen molar-refractivity contribution in [3.8, 4) is 5.75 Å². The molecule has 0 aliphatic heterocycles.